The molecular weight excluding hydrogens is 362 g/mol. The molecule has 9 heteroatoms. The van der Waals surface area contributed by atoms with Crippen molar-refractivity contribution in [3.05, 3.63) is 70.3 Å². The molecule has 9 nitrogen and oxygen atoms in total. The molecule has 0 saturated heterocycles. The Morgan fingerprint density at radius 2 is 1.89 bits per heavy atom. The van der Waals surface area contributed by atoms with Crippen LogP contribution in [0.1, 0.15) is 12.5 Å². The van der Waals surface area contributed by atoms with Gasteiger partial charge in [0.25, 0.3) is 11.6 Å². The molecule has 1 atom stereocenters. The summed E-state index contributed by atoms with van der Waals surface area (Å²) in [4.78, 5) is 24.5. The zero-order valence-electron chi connectivity index (χ0n) is 15.1. The third-order valence-corrected chi connectivity index (χ3v) is 4.09. The largest absolute Gasteiger partial charge is 0.339 e. The summed E-state index contributed by atoms with van der Waals surface area (Å²) in [6, 6.07) is 16.8. The van der Waals surface area contributed by atoms with Crippen molar-refractivity contribution in [1.29, 1.82) is 5.26 Å². The molecule has 0 saturated carbocycles. The lowest BCUT2D eigenvalue weighted by Crippen LogP contribution is -2.56. The highest BCUT2D eigenvalue weighted by Gasteiger charge is 2.38. The third kappa shape index (κ3) is 3.82. The second kappa shape index (κ2) is 8.28. The molecule has 0 aromatic heterocycles. The molecule has 1 heterocycles. The molecular formula is C19H17N5O4. The molecule has 0 fully saturated rings. The van der Waals surface area contributed by atoms with Crippen LogP contribution in [0, 0.1) is 21.4 Å². The average molecular weight is 379 g/mol. The molecule has 1 aliphatic heterocycles. The quantitative estimate of drug-likeness (QED) is 0.563. The predicted octanol–water partition coefficient (Wildman–Crippen LogP) is 2.64. The first kappa shape index (κ1) is 19.0. The van der Waals surface area contributed by atoms with E-state index >= 15 is 0 Å². The minimum atomic E-state index is -0.892. The van der Waals surface area contributed by atoms with Crippen molar-refractivity contribution >= 4 is 23.0 Å². The van der Waals surface area contributed by atoms with Gasteiger partial charge in [-0.3, -0.25) is 19.8 Å². The van der Waals surface area contributed by atoms with E-state index in [1.165, 1.54) is 34.2 Å². The third-order valence-electron chi connectivity index (χ3n) is 4.09. The van der Waals surface area contributed by atoms with Gasteiger partial charge in [0.05, 0.1) is 17.2 Å². The predicted molar refractivity (Wildman–Crippen MR) is 101 cm³/mol. The Morgan fingerprint density at radius 1 is 1.21 bits per heavy atom. The van der Waals surface area contributed by atoms with Crippen molar-refractivity contribution in [1.82, 2.24) is 4.90 Å². The van der Waals surface area contributed by atoms with Crippen LogP contribution in [0.5, 0.6) is 0 Å². The molecule has 0 unspecified atom stereocenters. The summed E-state index contributed by atoms with van der Waals surface area (Å²) in [6.07, 6.45) is -0.892. The van der Waals surface area contributed by atoms with Crippen molar-refractivity contribution in [2.45, 2.75) is 19.8 Å². The van der Waals surface area contributed by atoms with E-state index in [-0.39, 0.29) is 17.9 Å². The van der Waals surface area contributed by atoms with Crippen LogP contribution in [-0.2, 0) is 16.1 Å². The van der Waals surface area contributed by atoms with E-state index in [1.54, 1.807) is 6.92 Å². The van der Waals surface area contributed by atoms with Crippen LogP contribution in [0.15, 0.2) is 59.7 Å². The summed E-state index contributed by atoms with van der Waals surface area (Å²) < 4.78 is 5.76. The normalized spacial score (nSPS) is 16.5. The highest BCUT2D eigenvalue weighted by Crippen LogP contribution is 2.27. The number of nitro groups is 1. The molecule has 0 radical (unpaired) electrons. The van der Waals surface area contributed by atoms with Crippen LogP contribution in [-0.4, -0.2) is 34.4 Å². The van der Waals surface area contributed by atoms with Crippen LogP contribution in [0.25, 0.3) is 0 Å². The van der Waals surface area contributed by atoms with Crippen LogP contribution in [0.2, 0.25) is 0 Å². The molecule has 0 spiro atoms. The molecule has 0 N–H and O–H groups in total. The molecule has 142 valence electrons. The van der Waals surface area contributed by atoms with E-state index in [0.717, 1.165) is 5.56 Å². The van der Waals surface area contributed by atoms with Gasteiger partial charge in [0.15, 0.2) is 0 Å². The Kier molecular flexibility index (Phi) is 5.62. The fraction of sp³-hybridized carbons (Fsp3) is 0.211. The summed E-state index contributed by atoms with van der Waals surface area (Å²) in [5.74, 6) is -0.539. The van der Waals surface area contributed by atoms with Crippen molar-refractivity contribution in [3.8, 4) is 6.07 Å². The topological polar surface area (TPSA) is 112 Å². The van der Waals surface area contributed by atoms with Gasteiger partial charge in [0.2, 0.25) is 12.1 Å². The number of hydrogen-bond acceptors (Lipinski definition) is 7. The maximum Gasteiger partial charge on any atom is 0.289 e. The monoisotopic (exact) mass is 379 g/mol. The number of nitro benzene ring substituents is 1. The first-order valence-electron chi connectivity index (χ1n) is 8.54. The van der Waals surface area contributed by atoms with E-state index in [4.69, 9.17) is 4.74 Å². The standard InChI is InChI=1S/C19H17N5O4/c1-2-28-19-22(13-14-6-4-3-5-7-14)18(25)17(12-20)21-23(19)15-8-10-16(11-9-15)24(26)27/h3-11,19H,2,13H2,1H3/t19-/m0/s1. The number of benzene rings is 2. The van der Waals surface area contributed by atoms with E-state index in [1.807, 2.05) is 36.4 Å². The minimum absolute atomic E-state index is 0.0737. The van der Waals surface area contributed by atoms with Gasteiger partial charge in [-0.2, -0.15) is 10.4 Å². The fourth-order valence-corrected chi connectivity index (χ4v) is 2.79. The first-order chi connectivity index (χ1) is 13.5. The van der Waals surface area contributed by atoms with Gasteiger partial charge in [-0.15, -0.1) is 0 Å². The molecule has 1 amide bonds. The number of nitrogens with zero attached hydrogens (tertiary/aromatic N) is 5. The van der Waals surface area contributed by atoms with Gasteiger partial charge in [-0.25, -0.2) is 5.01 Å². The summed E-state index contributed by atoms with van der Waals surface area (Å²) >= 11 is 0. The highest BCUT2D eigenvalue weighted by atomic mass is 16.6. The number of ether oxygens (including phenoxy) is 1. The van der Waals surface area contributed by atoms with Crippen LogP contribution >= 0.6 is 0 Å². The van der Waals surface area contributed by atoms with Crippen molar-refractivity contribution in [2.24, 2.45) is 5.10 Å². The van der Waals surface area contributed by atoms with Gasteiger partial charge in [-0.1, -0.05) is 30.3 Å². The zero-order valence-corrected chi connectivity index (χ0v) is 15.1. The lowest BCUT2D eigenvalue weighted by atomic mass is 10.2. The number of nitriles is 1. The van der Waals surface area contributed by atoms with Crippen LogP contribution in [0.4, 0.5) is 11.4 Å². The van der Waals surface area contributed by atoms with Crippen LogP contribution < -0.4 is 5.01 Å². The van der Waals surface area contributed by atoms with Gasteiger partial charge >= 0.3 is 0 Å². The van der Waals surface area contributed by atoms with Gasteiger partial charge in [-0.05, 0) is 24.6 Å². The molecule has 2 aromatic rings. The Labute approximate surface area is 161 Å². The first-order valence-corrected chi connectivity index (χ1v) is 8.54. The SMILES string of the molecule is CCO[C@H]1N(Cc2ccccc2)C(=O)C(C#N)=NN1c1ccc([N+](=O)[O-])cc1. The number of non-ortho nitro benzene ring substituents is 1. The van der Waals surface area contributed by atoms with Crippen molar-refractivity contribution in [3.63, 3.8) is 0 Å². The van der Waals surface area contributed by atoms with Crippen molar-refractivity contribution in [2.75, 3.05) is 11.6 Å². The summed E-state index contributed by atoms with van der Waals surface area (Å²) in [7, 11) is 0. The summed E-state index contributed by atoms with van der Waals surface area (Å²) in [5, 5.41) is 25.8. The summed E-state index contributed by atoms with van der Waals surface area (Å²) in [6.45, 7) is 2.29. The zero-order chi connectivity index (χ0) is 20.1. The van der Waals surface area contributed by atoms with Gasteiger partial charge < -0.3 is 4.74 Å². The van der Waals surface area contributed by atoms with Crippen LogP contribution in [0.3, 0.4) is 0 Å². The molecule has 0 bridgehead atoms. The Bertz CT molecular complexity index is 937. The van der Waals surface area contributed by atoms with E-state index < -0.39 is 17.2 Å². The number of rotatable bonds is 6. The van der Waals surface area contributed by atoms with E-state index in [2.05, 4.69) is 5.10 Å². The number of carbonyl (C=O) groups excluding carboxylic acids is 1. The number of hydrogen-bond donors (Lipinski definition) is 0. The lowest BCUT2D eigenvalue weighted by molar-refractivity contribution is -0.384. The van der Waals surface area contributed by atoms with E-state index in [9.17, 15) is 20.2 Å². The van der Waals surface area contributed by atoms with Gasteiger partial charge in [0, 0.05) is 18.7 Å². The maximum absolute atomic E-state index is 12.7. The fourth-order valence-electron chi connectivity index (χ4n) is 2.79. The lowest BCUT2D eigenvalue weighted by Gasteiger charge is -2.40. The second-order valence-corrected chi connectivity index (χ2v) is 5.88. The molecule has 1 aliphatic rings. The average Bonchev–Trinajstić information content (AvgIpc) is 2.72. The number of amides is 1. The highest BCUT2D eigenvalue weighted by molar-refractivity contribution is 6.45. The molecule has 28 heavy (non-hydrogen) atoms. The van der Waals surface area contributed by atoms with E-state index in [0.29, 0.717) is 12.3 Å². The Morgan fingerprint density at radius 3 is 2.46 bits per heavy atom. The summed E-state index contributed by atoms with van der Waals surface area (Å²) in [5.41, 5.74) is 0.964. The number of hydrazone groups is 1. The number of anilines is 1. The number of carbonyl (C=O) groups is 1. The Hall–Kier alpha value is -3.77. The maximum atomic E-state index is 12.7. The van der Waals surface area contributed by atoms with Crippen molar-refractivity contribution < 1.29 is 14.5 Å². The molecule has 0 aliphatic carbocycles. The Balaban J connectivity index is 2.01. The second-order valence-electron chi connectivity index (χ2n) is 5.88. The van der Waals surface area contributed by atoms with Gasteiger partial charge in [0.1, 0.15) is 6.07 Å². The molecule has 2 aromatic carbocycles. The smallest absolute Gasteiger partial charge is 0.289 e. The molecule has 3 rings (SSSR count). The minimum Gasteiger partial charge on any atom is -0.339 e.